The van der Waals surface area contributed by atoms with E-state index in [2.05, 4.69) is 28.8 Å². The Kier molecular flexibility index (Phi) is 4.97. The van der Waals surface area contributed by atoms with Crippen LogP contribution in [-0.4, -0.2) is 23.7 Å². The number of rotatable bonds is 6. The fraction of sp³-hybridized carbons (Fsp3) is 0.500. The molecule has 0 saturated carbocycles. The highest BCUT2D eigenvalue weighted by molar-refractivity contribution is 7.93. The van der Waals surface area contributed by atoms with Crippen molar-refractivity contribution >= 4 is 37.8 Å². The smallest absolute Gasteiger partial charge is 0.264 e. The van der Waals surface area contributed by atoms with E-state index in [4.69, 9.17) is 5.11 Å². The zero-order valence-corrected chi connectivity index (χ0v) is 14.4. The minimum atomic E-state index is -3.69. The topological polar surface area (TPSA) is 92.2 Å². The average molecular weight is 347 g/mol. The lowest BCUT2D eigenvalue weighted by molar-refractivity contribution is 0.285. The Hall–Kier alpha value is -1.03. The van der Waals surface area contributed by atoms with E-state index in [0.717, 1.165) is 11.4 Å². The van der Waals surface area contributed by atoms with Crippen molar-refractivity contribution in [1.82, 2.24) is 10.2 Å². The maximum absolute atomic E-state index is 12.3. The van der Waals surface area contributed by atoms with Gasteiger partial charge in [0.15, 0.2) is 0 Å². The fourth-order valence-corrected chi connectivity index (χ4v) is 5.44. The van der Waals surface area contributed by atoms with E-state index in [0.29, 0.717) is 15.7 Å². The summed E-state index contributed by atoms with van der Waals surface area (Å²) in [6.45, 7) is 5.67. The zero-order chi connectivity index (χ0) is 15.6. The molecule has 9 heteroatoms. The number of nitrogens with one attached hydrogen (secondary N) is 1. The number of hydrogen-bond acceptors (Lipinski definition) is 7. The number of aryl methyl sites for hydroxylation is 1. The van der Waals surface area contributed by atoms with Crippen LogP contribution in [0, 0.1) is 12.8 Å². The Labute approximate surface area is 131 Å². The predicted octanol–water partition coefficient (Wildman–Crippen LogP) is 2.40. The van der Waals surface area contributed by atoms with Gasteiger partial charge in [0.25, 0.3) is 10.0 Å². The van der Waals surface area contributed by atoms with Crippen LogP contribution in [0.3, 0.4) is 0 Å². The average Bonchev–Trinajstić information content (AvgIpc) is 2.95. The molecule has 6 nitrogen and oxygen atoms in total. The normalized spacial score (nSPS) is 12.0. The fourth-order valence-electron chi connectivity index (χ4n) is 1.77. The number of nitrogens with zero attached hydrogens (tertiary/aromatic N) is 2. The van der Waals surface area contributed by atoms with Crippen LogP contribution in [0.25, 0.3) is 0 Å². The highest BCUT2D eigenvalue weighted by Gasteiger charge is 2.21. The number of anilines is 1. The second-order valence-corrected chi connectivity index (χ2v) is 9.05. The molecule has 0 amide bonds. The molecule has 0 saturated heterocycles. The highest BCUT2D eigenvalue weighted by Crippen LogP contribution is 2.28. The van der Waals surface area contributed by atoms with Crippen molar-refractivity contribution in [2.75, 3.05) is 4.72 Å². The van der Waals surface area contributed by atoms with Gasteiger partial charge in [0, 0.05) is 16.2 Å². The molecule has 2 heterocycles. The summed E-state index contributed by atoms with van der Waals surface area (Å²) in [5.74, 6) is 0.439. The molecule has 0 atom stereocenters. The van der Waals surface area contributed by atoms with Crippen molar-refractivity contribution < 1.29 is 13.5 Å². The maximum Gasteiger partial charge on any atom is 0.264 e. The summed E-state index contributed by atoms with van der Waals surface area (Å²) in [4.78, 5) is 1.43. The van der Waals surface area contributed by atoms with Gasteiger partial charge in [-0.05, 0) is 18.9 Å². The SMILES string of the molecule is Cc1sc(CO)cc1S(=O)(=O)Nc1nnc(CC(C)C)s1. The van der Waals surface area contributed by atoms with Crippen LogP contribution >= 0.6 is 22.7 Å². The molecule has 0 aliphatic carbocycles. The third-order valence-corrected chi connectivity index (χ3v) is 6.26. The van der Waals surface area contributed by atoms with Crippen LogP contribution in [0.4, 0.5) is 5.13 Å². The molecular weight excluding hydrogens is 330 g/mol. The van der Waals surface area contributed by atoms with Gasteiger partial charge >= 0.3 is 0 Å². The first kappa shape index (κ1) is 16.3. The van der Waals surface area contributed by atoms with E-state index in [1.54, 1.807) is 6.92 Å². The van der Waals surface area contributed by atoms with Crippen molar-refractivity contribution in [3.8, 4) is 0 Å². The van der Waals surface area contributed by atoms with Crippen LogP contribution in [-0.2, 0) is 23.1 Å². The minimum Gasteiger partial charge on any atom is -0.391 e. The van der Waals surface area contributed by atoms with E-state index >= 15 is 0 Å². The molecule has 0 unspecified atom stereocenters. The summed E-state index contributed by atoms with van der Waals surface area (Å²) in [7, 11) is -3.69. The summed E-state index contributed by atoms with van der Waals surface area (Å²) >= 11 is 2.51. The van der Waals surface area contributed by atoms with Crippen LogP contribution in [0.2, 0.25) is 0 Å². The lowest BCUT2D eigenvalue weighted by atomic mass is 10.1. The molecule has 0 fully saturated rings. The summed E-state index contributed by atoms with van der Waals surface area (Å²) in [5.41, 5.74) is 0. The van der Waals surface area contributed by atoms with E-state index in [1.807, 2.05) is 0 Å². The van der Waals surface area contributed by atoms with Crippen LogP contribution < -0.4 is 4.72 Å². The number of aromatic nitrogens is 2. The molecule has 116 valence electrons. The van der Waals surface area contributed by atoms with Crippen LogP contribution in [0.5, 0.6) is 0 Å². The van der Waals surface area contributed by atoms with Gasteiger partial charge in [0.1, 0.15) is 9.90 Å². The van der Waals surface area contributed by atoms with Crippen molar-refractivity contribution in [2.24, 2.45) is 5.92 Å². The van der Waals surface area contributed by atoms with Gasteiger partial charge in [0.05, 0.1) is 6.61 Å². The maximum atomic E-state index is 12.3. The quantitative estimate of drug-likeness (QED) is 0.837. The number of aliphatic hydroxyl groups excluding tert-OH is 1. The summed E-state index contributed by atoms with van der Waals surface area (Å²) < 4.78 is 27.1. The Balaban J connectivity index is 2.20. The molecule has 0 spiro atoms. The first-order valence-electron chi connectivity index (χ1n) is 6.37. The Bertz CT molecular complexity index is 719. The number of thiophene rings is 1. The van der Waals surface area contributed by atoms with Crippen molar-refractivity contribution in [3.63, 3.8) is 0 Å². The van der Waals surface area contributed by atoms with Crippen LogP contribution in [0.1, 0.15) is 28.6 Å². The molecule has 21 heavy (non-hydrogen) atoms. The van der Waals surface area contributed by atoms with Gasteiger partial charge in [-0.3, -0.25) is 4.72 Å². The summed E-state index contributed by atoms with van der Waals surface area (Å²) in [6.07, 6.45) is 0.769. The van der Waals surface area contributed by atoms with E-state index in [1.165, 1.54) is 28.7 Å². The molecule has 0 radical (unpaired) electrons. The molecule has 0 bridgehead atoms. The van der Waals surface area contributed by atoms with Crippen molar-refractivity contribution in [3.05, 3.63) is 20.8 Å². The summed E-state index contributed by atoms with van der Waals surface area (Å²) in [6, 6.07) is 1.48. The predicted molar refractivity (Wildman–Crippen MR) is 84.2 cm³/mol. The van der Waals surface area contributed by atoms with E-state index in [-0.39, 0.29) is 16.6 Å². The number of aliphatic hydroxyl groups is 1. The molecular formula is C12H17N3O3S3. The molecule has 2 aromatic heterocycles. The Morgan fingerprint density at radius 1 is 1.33 bits per heavy atom. The van der Waals surface area contributed by atoms with Crippen molar-refractivity contribution in [2.45, 2.75) is 38.7 Å². The zero-order valence-electron chi connectivity index (χ0n) is 12.0. The summed E-state index contributed by atoms with van der Waals surface area (Å²) in [5, 5.41) is 18.0. The number of hydrogen-bond donors (Lipinski definition) is 2. The lowest BCUT2D eigenvalue weighted by Crippen LogP contribution is -2.12. The van der Waals surface area contributed by atoms with Gasteiger partial charge in [-0.1, -0.05) is 25.2 Å². The molecule has 0 aliphatic rings. The third-order valence-electron chi connectivity index (χ3n) is 2.64. The van der Waals surface area contributed by atoms with Crippen LogP contribution in [0.15, 0.2) is 11.0 Å². The second-order valence-electron chi connectivity index (χ2n) is 5.00. The first-order chi connectivity index (χ1) is 9.81. The van der Waals surface area contributed by atoms with E-state index < -0.39 is 10.0 Å². The van der Waals surface area contributed by atoms with Gasteiger partial charge in [-0.2, -0.15) is 0 Å². The third kappa shape index (κ3) is 4.00. The molecule has 0 aliphatic heterocycles. The molecule has 0 aromatic carbocycles. The first-order valence-corrected chi connectivity index (χ1v) is 9.49. The molecule has 2 rings (SSSR count). The molecule has 2 N–H and O–H groups in total. The second kappa shape index (κ2) is 6.39. The van der Waals surface area contributed by atoms with Crippen molar-refractivity contribution in [1.29, 1.82) is 0 Å². The van der Waals surface area contributed by atoms with Gasteiger partial charge in [-0.25, -0.2) is 8.42 Å². The largest absolute Gasteiger partial charge is 0.391 e. The lowest BCUT2D eigenvalue weighted by Gasteiger charge is -2.03. The van der Waals surface area contributed by atoms with E-state index in [9.17, 15) is 8.42 Å². The van der Waals surface area contributed by atoms with Gasteiger partial charge in [-0.15, -0.1) is 21.5 Å². The Morgan fingerprint density at radius 2 is 2.05 bits per heavy atom. The van der Waals surface area contributed by atoms with Gasteiger partial charge < -0.3 is 5.11 Å². The number of sulfonamides is 1. The van der Waals surface area contributed by atoms with Gasteiger partial charge in [0.2, 0.25) is 5.13 Å². The highest BCUT2D eigenvalue weighted by atomic mass is 32.2. The standard InChI is InChI=1S/C12H17N3O3S3/c1-7(2)4-11-13-14-12(20-11)15-21(17,18)10-5-9(6-16)19-8(10)3/h5,7,16H,4,6H2,1-3H3,(H,14,15). The monoisotopic (exact) mass is 347 g/mol. The Morgan fingerprint density at radius 3 is 2.62 bits per heavy atom. The minimum absolute atomic E-state index is 0.168. The molecule has 2 aromatic rings.